The summed E-state index contributed by atoms with van der Waals surface area (Å²) in [7, 11) is 1.61. The van der Waals surface area contributed by atoms with Crippen LogP contribution in [0.4, 0.5) is 0 Å². The molecule has 0 aliphatic heterocycles. The van der Waals surface area contributed by atoms with Crippen LogP contribution in [0.25, 0.3) is 27.5 Å². The maximum absolute atomic E-state index is 11.9. The van der Waals surface area contributed by atoms with Crippen molar-refractivity contribution in [2.75, 3.05) is 7.11 Å². The molecule has 0 aliphatic carbocycles. The minimum atomic E-state index is 0.505. The molecule has 0 amide bonds. The molecular formula is C19H13ClN2O2S. The average Bonchev–Trinajstić information content (AvgIpc) is 3.21. The fourth-order valence-corrected chi connectivity index (χ4v) is 3.88. The largest absolute Gasteiger partial charge is 0.496 e. The number of nitrogens with zero attached hydrogens (tertiary/aromatic N) is 2. The first-order valence-corrected chi connectivity index (χ1v) is 8.83. The summed E-state index contributed by atoms with van der Waals surface area (Å²) in [6.45, 7) is 0. The maximum atomic E-state index is 11.9. The summed E-state index contributed by atoms with van der Waals surface area (Å²) in [5, 5.41) is 2.66. The minimum Gasteiger partial charge on any atom is -0.496 e. The number of hydrogen-bond acceptors (Lipinski definition) is 4. The molecule has 0 radical (unpaired) electrons. The van der Waals surface area contributed by atoms with Crippen molar-refractivity contribution in [3.8, 4) is 28.3 Å². The molecule has 0 saturated carbocycles. The number of methoxy groups -OCH3 is 1. The molecule has 0 spiro atoms. The van der Waals surface area contributed by atoms with Gasteiger partial charge in [-0.2, -0.15) is 0 Å². The fraction of sp³-hybridized carbons (Fsp3) is 0.0526. The van der Waals surface area contributed by atoms with Gasteiger partial charge in [0.2, 0.25) is 0 Å². The number of ether oxygens (including phenoxy) is 1. The molecule has 0 aliphatic rings. The summed E-state index contributed by atoms with van der Waals surface area (Å²) in [4.78, 5) is 17.3. The molecule has 25 heavy (non-hydrogen) atoms. The maximum Gasteiger partial charge on any atom is 0.195 e. The van der Waals surface area contributed by atoms with Gasteiger partial charge >= 0.3 is 0 Å². The first-order chi connectivity index (χ1) is 12.2. The van der Waals surface area contributed by atoms with Crippen LogP contribution in [0, 0.1) is 0 Å². The van der Waals surface area contributed by atoms with Gasteiger partial charge in [-0.1, -0.05) is 35.9 Å². The molecule has 2 aromatic carbocycles. The van der Waals surface area contributed by atoms with E-state index in [2.05, 4.69) is 4.98 Å². The number of imidazole rings is 1. The normalized spacial score (nSPS) is 11.0. The quantitative estimate of drug-likeness (QED) is 0.465. The van der Waals surface area contributed by atoms with Crippen molar-refractivity contribution >= 4 is 34.2 Å². The van der Waals surface area contributed by atoms with Gasteiger partial charge in [-0.25, -0.2) is 4.98 Å². The number of benzene rings is 2. The predicted molar refractivity (Wildman–Crippen MR) is 101 cm³/mol. The second-order valence-electron chi connectivity index (χ2n) is 5.41. The number of hydrogen-bond donors (Lipinski definition) is 0. The number of aldehydes is 1. The topological polar surface area (TPSA) is 43.6 Å². The standard InChI is InChI=1S/C19H13ClN2O2S/c1-24-17-5-3-2-4-14(17)18-15(10-23)22-16(11-25-19(22)21-18)12-6-8-13(20)9-7-12/h2-11H,1H3. The van der Waals surface area contributed by atoms with E-state index in [1.165, 1.54) is 11.3 Å². The Kier molecular flexibility index (Phi) is 4.03. The smallest absolute Gasteiger partial charge is 0.195 e. The van der Waals surface area contributed by atoms with Crippen LogP contribution in [0.1, 0.15) is 10.5 Å². The van der Waals surface area contributed by atoms with Crippen LogP contribution in [0.3, 0.4) is 0 Å². The van der Waals surface area contributed by atoms with Gasteiger partial charge < -0.3 is 4.74 Å². The molecular weight excluding hydrogens is 356 g/mol. The number of rotatable bonds is 4. The Labute approximate surface area is 153 Å². The van der Waals surface area contributed by atoms with E-state index in [4.69, 9.17) is 16.3 Å². The first-order valence-electron chi connectivity index (χ1n) is 7.57. The number of para-hydroxylation sites is 1. The van der Waals surface area contributed by atoms with Crippen molar-refractivity contribution in [2.24, 2.45) is 0 Å². The number of aromatic nitrogens is 2. The van der Waals surface area contributed by atoms with E-state index in [9.17, 15) is 4.79 Å². The third kappa shape index (κ3) is 2.62. The zero-order valence-corrected chi connectivity index (χ0v) is 14.8. The molecule has 124 valence electrons. The molecule has 0 N–H and O–H groups in total. The lowest BCUT2D eigenvalue weighted by Crippen LogP contribution is -1.95. The van der Waals surface area contributed by atoms with E-state index in [0.717, 1.165) is 28.1 Å². The second kappa shape index (κ2) is 6.35. The highest BCUT2D eigenvalue weighted by molar-refractivity contribution is 7.15. The summed E-state index contributed by atoms with van der Waals surface area (Å²) >= 11 is 7.47. The van der Waals surface area contributed by atoms with Gasteiger partial charge in [0.25, 0.3) is 0 Å². The molecule has 6 heteroatoms. The van der Waals surface area contributed by atoms with Crippen molar-refractivity contribution in [1.29, 1.82) is 0 Å². The minimum absolute atomic E-state index is 0.505. The van der Waals surface area contributed by atoms with Crippen LogP contribution in [-0.2, 0) is 0 Å². The first kappa shape index (κ1) is 15.9. The molecule has 0 unspecified atom stereocenters. The highest BCUT2D eigenvalue weighted by atomic mass is 35.5. The van der Waals surface area contributed by atoms with Crippen LogP contribution >= 0.6 is 22.9 Å². The Morgan fingerprint density at radius 2 is 1.92 bits per heavy atom. The van der Waals surface area contributed by atoms with Gasteiger partial charge in [0.1, 0.15) is 17.1 Å². The number of carbonyl (C=O) groups is 1. The summed E-state index contributed by atoms with van der Waals surface area (Å²) in [5.41, 5.74) is 3.81. The van der Waals surface area contributed by atoms with Crippen molar-refractivity contribution < 1.29 is 9.53 Å². The second-order valence-corrected chi connectivity index (χ2v) is 6.68. The van der Waals surface area contributed by atoms with Crippen LogP contribution in [0.2, 0.25) is 5.02 Å². The molecule has 4 aromatic rings. The lowest BCUT2D eigenvalue weighted by Gasteiger charge is -2.07. The molecule has 0 fully saturated rings. The number of carbonyl (C=O) groups excluding carboxylic acids is 1. The van der Waals surface area contributed by atoms with Gasteiger partial charge in [-0.3, -0.25) is 9.20 Å². The van der Waals surface area contributed by atoms with Gasteiger partial charge in [-0.05, 0) is 29.8 Å². The van der Waals surface area contributed by atoms with Gasteiger partial charge in [0.05, 0.1) is 12.8 Å². The third-order valence-corrected chi connectivity index (χ3v) is 5.09. The Balaban J connectivity index is 1.97. The summed E-state index contributed by atoms with van der Waals surface area (Å²) in [6.07, 6.45) is 0.841. The average molecular weight is 369 g/mol. The van der Waals surface area contributed by atoms with E-state index >= 15 is 0 Å². The Morgan fingerprint density at radius 1 is 1.16 bits per heavy atom. The lowest BCUT2D eigenvalue weighted by atomic mass is 10.1. The molecule has 0 saturated heterocycles. The molecule has 2 aromatic heterocycles. The summed E-state index contributed by atoms with van der Waals surface area (Å²) in [5.74, 6) is 0.685. The highest BCUT2D eigenvalue weighted by Crippen LogP contribution is 2.35. The Hall–Kier alpha value is -2.63. The molecule has 4 nitrogen and oxygen atoms in total. The van der Waals surface area contributed by atoms with Gasteiger partial charge in [0, 0.05) is 16.0 Å². The summed E-state index contributed by atoms with van der Waals surface area (Å²) in [6, 6.07) is 15.1. The summed E-state index contributed by atoms with van der Waals surface area (Å²) < 4.78 is 7.30. The van der Waals surface area contributed by atoms with Crippen LogP contribution in [-0.4, -0.2) is 22.8 Å². The molecule has 2 heterocycles. The fourth-order valence-electron chi connectivity index (χ4n) is 2.85. The van der Waals surface area contributed by atoms with Crippen molar-refractivity contribution in [2.45, 2.75) is 0 Å². The number of fused-ring (bicyclic) bond motifs is 1. The van der Waals surface area contributed by atoms with E-state index in [1.54, 1.807) is 7.11 Å². The van der Waals surface area contributed by atoms with Gasteiger partial charge in [0.15, 0.2) is 11.2 Å². The van der Waals surface area contributed by atoms with Crippen molar-refractivity contribution in [1.82, 2.24) is 9.38 Å². The van der Waals surface area contributed by atoms with E-state index < -0.39 is 0 Å². The monoisotopic (exact) mass is 368 g/mol. The molecule has 0 bridgehead atoms. The third-order valence-electron chi connectivity index (χ3n) is 4.01. The SMILES string of the molecule is COc1ccccc1-c1nc2scc(-c3ccc(Cl)cc3)n2c1C=O. The predicted octanol–water partition coefficient (Wildman–Crippen LogP) is 5.20. The van der Waals surface area contributed by atoms with Crippen LogP contribution in [0.5, 0.6) is 5.75 Å². The molecule has 4 rings (SSSR count). The van der Waals surface area contributed by atoms with Crippen LogP contribution < -0.4 is 4.74 Å². The Bertz CT molecular complexity index is 1070. The zero-order valence-electron chi connectivity index (χ0n) is 13.3. The lowest BCUT2D eigenvalue weighted by molar-refractivity contribution is 0.111. The zero-order chi connectivity index (χ0) is 17.4. The van der Waals surface area contributed by atoms with E-state index in [1.807, 2.05) is 58.3 Å². The Morgan fingerprint density at radius 3 is 2.64 bits per heavy atom. The van der Waals surface area contributed by atoms with Crippen molar-refractivity contribution in [3.63, 3.8) is 0 Å². The van der Waals surface area contributed by atoms with E-state index in [-0.39, 0.29) is 0 Å². The highest BCUT2D eigenvalue weighted by Gasteiger charge is 2.20. The van der Waals surface area contributed by atoms with Crippen LogP contribution in [0.15, 0.2) is 53.9 Å². The van der Waals surface area contributed by atoms with E-state index in [0.29, 0.717) is 22.2 Å². The number of thiazole rings is 1. The van der Waals surface area contributed by atoms with Crippen molar-refractivity contribution in [3.05, 3.63) is 64.6 Å². The molecule has 0 atom stereocenters. The number of halogens is 1. The van der Waals surface area contributed by atoms with Gasteiger partial charge in [-0.15, -0.1) is 11.3 Å².